The maximum atomic E-state index is 4.50. The lowest BCUT2D eigenvalue weighted by molar-refractivity contribution is 0.130. The van der Waals surface area contributed by atoms with Crippen LogP contribution in [0.5, 0.6) is 0 Å². The monoisotopic (exact) mass is 350 g/mol. The van der Waals surface area contributed by atoms with Gasteiger partial charge in [-0.1, -0.05) is 36.8 Å². The molecular formula is C20H26N6. The smallest absolute Gasteiger partial charge is 0.150 e. The van der Waals surface area contributed by atoms with E-state index in [9.17, 15) is 0 Å². The van der Waals surface area contributed by atoms with Gasteiger partial charge in [-0.3, -0.25) is 9.58 Å². The average molecular weight is 350 g/mol. The summed E-state index contributed by atoms with van der Waals surface area (Å²) < 4.78 is 4.19. The van der Waals surface area contributed by atoms with Gasteiger partial charge in [-0.15, -0.1) is 10.2 Å². The molecule has 0 bridgehead atoms. The molecule has 26 heavy (non-hydrogen) atoms. The molecule has 0 amide bonds. The lowest BCUT2D eigenvalue weighted by Crippen LogP contribution is -2.34. The molecule has 1 fully saturated rings. The summed E-state index contributed by atoms with van der Waals surface area (Å²) in [5, 5.41) is 13.1. The van der Waals surface area contributed by atoms with E-state index in [1.165, 1.54) is 24.0 Å². The number of rotatable bonds is 6. The normalized spacial score (nSPS) is 18.3. The minimum Gasteiger partial charge on any atom is -0.312 e. The van der Waals surface area contributed by atoms with Gasteiger partial charge in [-0.2, -0.15) is 5.10 Å². The third-order valence-electron chi connectivity index (χ3n) is 5.15. The Kier molecular flexibility index (Phi) is 5.11. The molecule has 1 saturated heterocycles. The van der Waals surface area contributed by atoms with Gasteiger partial charge in [0, 0.05) is 24.8 Å². The van der Waals surface area contributed by atoms with Crippen LogP contribution < -0.4 is 0 Å². The number of nitrogens with zero attached hydrogens (tertiary/aromatic N) is 6. The van der Waals surface area contributed by atoms with Gasteiger partial charge >= 0.3 is 0 Å². The molecule has 0 saturated carbocycles. The van der Waals surface area contributed by atoms with Gasteiger partial charge in [-0.05, 0) is 31.9 Å². The standard InChI is InChI=1S/C20H26N6/c1-2-26-15-18(12-22-26)14-24-11-7-6-10-19(24)20-23-21-16-25(20)13-17-8-4-3-5-9-17/h3-5,8-9,12,15-16,19H,2,6-7,10-11,13-14H2,1H3/t19-/m0/s1. The van der Waals surface area contributed by atoms with Crippen molar-refractivity contribution in [3.05, 3.63) is 66.0 Å². The van der Waals surface area contributed by atoms with Crippen molar-refractivity contribution in [2.24, 2.45) is 0 Å². The Morgan fingerprint density at radius 1 is 1.08 bits per heavy atom. The summed E-state index contributed by atoms with van der Waals surface area (Å²) in [5.74, 6) is 1.08. The molecule has 0 spiro atoms. The van der Waals surface area contributed by atoms with Gasteiger partial charge in [-0.25, -0.2) is 0 Å². The summed E-state index contributed by atoms with van der Waals surface area (Å²) in [7, 11) is 0. The number of piperidine rings is 1. The topological polar surface area (TPSA) is 51.8 Å². The van der Waals surface area contributed by atoms with Crippen LogP contribution in [0.1, 0.15) is 49.2 Å². The number of hydrogen-bond donors (Lipinski definition) is 0. The minimum absolute atomic E-state index is 0.319. The molecule has 1 aliphatic rings. The second kappa shape index (κ2) is 7.83. The van der Waals surface area contributed by atoms with Crippen molar-refractivity contribution in [1.82, 2.24) is 29.4 Å². The first-order chi connectivity index (χ1) is 12.8. The second-order valence-corrected chi connectivity index (χ2v) is 6.99. The Balaban J connectivity index is 1.54. The molecule has 6 nitrogen and oxygen atoms in total. The molecule has 0 unspecified atom stereocenters. The van der Waals surface area contributed by atoms with Gasteiger partial charge < -0.3 is 4.57 Å². The summed E-state index contributed by atoms with van der Waals surface area (Å²) in [6, 6.07) is 10.8. The van der Waals surface area contributed by atoms with Crippen molar-refractivity contribution >= 4 is 0 Å². The lowest BCUT2D eigenvalue weighted by Gasteiger charge is -2.34. The first kappa shape index (κ1) is 17.0. The zero-order valence-corrected chi connectivity index (χ0v) is 15.3. The molecule has 4 rings (SSSR count). The van der Waals surface area contributed by atoms with E-state index in [2.05, 4.69) is 68.2 Å². The molecule has 0 aliphatic carbocycles. The van der Waals surface area contributed by atoms with E-state index in [4.69, 9.17) is 0 Å². The molecule has 3 aromatic rings. The third kappa shape index (κ3) is 3.70. The van der Waals surface area contributed by atoms with E-state index >= 15 is 0 Å². The summed E-state index contributed by atoms with van der Waals surface area (Å²) in [5.41, 5.74) is 2.55. The van der Waals surface area contributed by atoms with Gasteiger partial charge in [0.1, 0.15) is 6.33 Å². The van der Waals surface area contributed by atoms with Crippen LogP contribution in [0.4, 0.5) is 0 Å². The largest absolute Gasteiger partial charge is 0.312 e. The Morgan fingerprint density at radius 2 is 1.96 bits per heavy atom. The maximum Gasteiger partial charge on any atom is 0.150 e. The van der Waals surface area contributed by atoms with E-state index in [0.717, 1.165) is 38.4 Å². The fraction of sp³-hybridized carbons (Fsp3) is 0.450. The number of likely N-dealkylation sites (tertiary alicyclic amines) is 1. The molecule has 136 valence electrons. The molecule has 0 radical (unpaired) electrons. The predicted octanol–water partition coefficient (Wildman–Crippen LogP) is 3.27. The molecule has 3 heterocycles. The quantitative estimate of drug-likeness (QED) is 0.685. The number of hydrogen-bond acceptors (Lipinski definition) is 4. The molecule has 1 aliphatic heterocycles. The van der Waals surface area contributed by atoms with Crippen LogP contribution in [0.2, 0.25) is 0 Å². The summed E-state index contributed by atoms with van der Waals surface area (Å²) in [6.45, 7) is 5.87. The van der Waals surface area contributed by atoms with E-state index in [-0.39, 0.29) is 0 Å². The molecule has 6 heteroatoms. The lowest BCUT2D eigenvalue weighted by atomic mass is 10.0. The van der Waals surface area contributed by atoms with Crippen LogP contribution in [0.25, 0.3) is 0 Å². The number of benzene rings is 1. The Bertz CT molecular complexity index is 822. The third-order valence-corrected chi connectivity index (χ3v) is 5.15. The highest BCUT2D eigenvalue weighted by Gasteiger charge is 2.28. The van der Waals surface area contributed by atoms with Crippen LogP contribution in [-0.2, 0) is 19.6 Å². The molecule has 1 atom stereocenters. The van der Waals surface area contributed by atoms with E-state index in [0.29, 0.717) is 6.04 Å². The Hall–Kier alpha value is -2.47. The zero-order chi connectivity index (χ0) is 17.8. The van der Waals surface area contributed by atoms with Crippen molar-refractivity contribution in [1.29, 1.82) is 0 Å². The number of aromatic nitrogens is 5. The minimum atomic E-state index is 0.319. The van der Waals surface area contributed by atoms with Gasteiger partial charge in [0.25, 0.3) is 0 Å². The van der Waals surface area contributed by atoms with Gasteiger partial charge in [0.15, 0.2) is 5.82 Å². The molecule has 2 aromatic heterocycles. The predicted molar refractivity (Wildman–Crippen MR) is 100 cm³/mol. The van der Waals surface area contributed by atoms with Crippen LogP contribution in [0.3, 0.4) is 0 Å². The first-order valence-electron chi connectivity index (χ1n) is 9.50. The van der Waals surface area contributed by atoms with Crippen LogP contribution in [-0.4, -0.2) is 36.0 Å². The zero-order valence-electron chi connectivity index (χ0n) is 15.3. The van der Waals surface area contributed by atoms with Crippen LogP contribution in [0.15, 0.2) is 49.1 Å². The van der Waals surface area contributed by atoms with E-state index in [1.54, 1.807) is 0 Å². The van der Waals surface area contributed by atoms with Crippen LogP contribution in [0, 0.1) is 0 Å². The fourth-order valence-electron chi connectivity index (χ4n) is 3.79. The second-order valence-electron chi connectivity index (χ2n) is 6.99. The fourth-order valence-corrected chi connectivity index (χ4v) is 3.79. The Morgan fingerprint density at radius 3 is 2.77 bits per heavy atom. The van der Waals surface area contributed by atoms with Crippen molar-refractivity contribution in [3.8, 4) is 0 Å². The van der Waals surface area contributed by atoms with Crippen LogP contribution >= 0.6 is 0 Å². The van der Waals surface area contributed by atoms with Crippen molar-refractivity contribution in [2.75, 3.05) is 6.54 Å². The summed E-state index contributed by atoms with van der Waals surface area (Å²) in [4.78, 5) is 2.53. The SMILES string of the molecule is CCn1cc(CN2CCCC[C@H]2c2nncn2Cc2ccccc2)cn1. The number of aryl methyl sites for hydroxylation is 1. The first-order valence-corrected chi connectivity index (χ1v) is 9.50. The van der Waals surface area contributed by atoms with E-state index < -0.39 is 0 Å². The summed E-state index contributed by atoms with van der Waals surface area (Å²) in [6.07, 6.45) is 9.63. The Labute approximate surface area is 154 Å². The van der Waals surface area contributed by atoms with Gasteiger partial charge in [0.2, 0.25) is 0 Å². The van der Waals surface area contributed by atoms with E-state index in [1.807, 2.05) is 17.2 Å². The molecule has 0 N–H and O–H groups in total. The average Bonchev–Trinajstić information content (AvgIpc) is 3.32. The molecular weight excluding hydrogens is 324 g/mol. The highest BCUT2D eigenvalue weighted by molar-refractivity contribution is 5.16. The van der Waals surface area contributed by atoms with Crippen molar-refractivity contribution in [2.45, 2.75) is 51.9 Å². The highest BCUT2D eigenvalue weighted by atomic mass is 15.3. The van der Waals surface area contributed by atoms with Gasteiger partial charge in [0.05, 0.1) is 18.8 Å². The van der Waals surface area contributed by atoms with Crippen molar-refractivity contribution in [3.63, 3.8) is 0 Å². The van der Waals surface area contributed by atoms with Crippen molar-refractivity contribution < 1.29 is 0 Å². The molecule has 1 aromatic carbocycles. The summed E-state index contributed by atoms with van der Waals surface area (Å²) >= 11 is 0. The maximum absolute atomic E-state index is 4.50. The highest BCUT2D eigenvalue weighted by Crippen LogP contribution is 2.31.